The fourth-order valence-electron chi connectivity index (χ4n) is 4.55. The molecule has 0 saturated carbocycles. The zero-order valence-electron chi connectivity index (χ0n) is 19.1. The van der Waals surface area contributed by atoms with Crippen molar-refractivity contribution in [2.75, 3.05) is 18.0 Å². The Balaban J connectivity index is 1.93. The lowest BCUT2D eigenvalue weighted by molar-refractivity contribution is -0.144. The average molecular weight is 481 g/mol. The first kappa shape index (κ1) is 25.5. The minimum atomic E-state index is -4.87. The van der Waals surface area contributed by atoms with Crippen molar-refractivity contribution >= 4 is 23.6 Å². The number of hydrogen-bond donors (Lipinski definition) is 1. The Morgan fingerprint density at radius 1 is 1.26 bits per heavy atom. The summed E-state index contributed by atoms with van der Waals surface area (Å²) < 4.78 is 45.7. The van der Waals surface area contributed by atoms with Gasteiger partial charge in [-0.15, -0.1) is 0 Å². The van der Waals surface area contributed by atoms with Crippen LogP contribution in [-0.2, 0) is 20.5 Å². The molecule has 0 unspecified atom stereocenters. The van der Waals surface area contributed by atoms with E-state index in [1.807, 2.05) is 0 Å². The van der Waals surface area contributed by atoms with Gasteiger partial charge in [0.2, 0.25) is 11.8 Å². The van der Waals surface area contributed by atoms with E-state index in [4.69, 9.17) is 10.00 Å². The molecule has 0 bridgehead atoms. The van der Waals surface area contributed by atoms with Gasteiger partial charge in [0, 0.05) is 13.1 Å². The average Bonchev–Trinajstić information content (AvgIpc) is 3.39. The van der Waals surface area contributed by atoms with E-state index in [1.54, 1.807) is 6.92 Å². The monoisotopic (exact) mass is 481 g/mol. The van der Waals surface area contributed by atoms with Crippen LogP contribution in [0.3, 0.4) is 0 Å². The first-order chi connectivity index (χ1) is 15.8. The van der Waals surface area contributed by atoms with E-state index in [2.05, 4.69) is 0 Å². The number of carbonyl (C=O) groups is 3. The maximum Gasteiger partial charge on any atom is 0.417 e. The smallest absolute Gasteiger partial charge is 0.417 e. The predicted octanol–water partition coefficient (Wildman–Crippen LogP) is 3.46. The highest BCUT2D eigenvalue weighted by Gasteiger charge is 2.57. The largest absolute Gasteiger partial charge is 0.443 e. The third kappa shape index (κ3) is 4.46. The quantitative estimate of drug-likeness (QED) is 0.645. The van der Waals surface area contributed by atoms with Crippen molar-refractivity contribution in [3.05, 3.63) is 29.3 Å². The van der Waals surface area contributed by atoms with E-state index in [1.165, 1.54) is 24.8 Å². The zero-order chi connectivity index (χ0) is 25.4. The first-order valence-electron chi connectivity index (χ1n) is 11.0. The highest BCUT2D eigenvalue weighted by molar-refractivity contribution is 6.22. The molecule has 0 radical (unpaired) electrons. The fourth-order valence-corrected chi connectivity index (χ4v) is 4.55. The van der Waals surface area contributed by atoms with Crippen molar-refractivity contribution in [3.63, 3.8) is 0 Å². The minimum absolute atomic E-state index is 0.122. The molecule has 1 N–H and O–H groups in total. The standard InChI is InChI=1S/C23H26F3N3O5/c1-4-16-18(22(3,33)13(2)34-21(32)28-9-5-6-10-28)20(31)29(19(16)30)15-8-7-14(12-27)17(11-15)23(24,25)26/h7-8,11,13,16,18,33H,4-6,9-10H2,1-3H3/t13-,16+,18-,22-/m0/s1. The Hall–Kier alpha value is -3.13. The van der Waals surface area contributed by atoms with E-state index in [0.717, 1.165) is 25.0 Å². The van der Waals surface area contributed by atoms with Gasteiger partial charge >= 0.3 is 12.3 Å². The second-order valence-electron chi connectivity index (χ2n) is 8.79. The summed E-state index contributed by atoms with van der Waals surface area (Å²) in [6.45, 7) is 5.32. The molecule has 3 amide bonds. The van der Waals surface area contributed by atoms with Crippen molar-refractivity contribution in [2.45, 2.75) is 57.9 Å². The molecule has 2 heterocycles. The van der Waals surface area contributed by atoms with Crippen molar-refractivity contribution in [1.29, 1.82) is 5.26 Å². The highest BCUT2D eigenvalue weighted by atomic mass is 19.4. The van der Waals surface area contributed by atoms with Crippen LogP contribution in [0.15, 0.2) is 18.2 Å². The van der Waals surface area contributed by atoms with Gasteiger partial charge in [-0.05, 0) is 51.3 Å². The lowest BCUT2D eigenvalue weighted by atomic mass is 9.76. The van der Waals surface area contributed by atoms with Gasteiger partial charge in [0.15, 0.2) is 0 Å². The SMILES string of the molecule is CC[C@H]1C(=O)N(c2ccc(C#N)c(C(F)(F)F)c2)C(=O)[C@H]1[C@@](C)(O)[C@H](C)OC(=O)N1CCCC1. The molecular formula is C23H26F3N3O5. The van der Waals surface area contributed by atoms with E-state index in [0.29, 0.717) is 24.1 Å². The maximum absolute atomic E-state index is 13.4. The molecule has 0 spiro atoms. The van der Waals surface area contributed by atoms with Gasteiger partial charge in [-0.25, -0.2) is 9.69 Å². The summed E-state index contributed by atoms with van der Waals surface area (Å²) in [6.07, 6.45) is -4.92. The normalized spacial score (nSPS) is 23.6. The van der Waals surface area contributed by atoms with Gasteiger partial charge in [-0.3, -0.25) is 9.59 Å². The molecule has 11 heteroatoms. The van der Waals surface area contributed by atoms with Crippen molar-refractivity contribution in [2.24, 2.45) is 11.8 Å². The fraction of sp³-hybridized carbons (Fsp3) is 0.565. The van der Waals surface area contributed by atoms with Gasteiger partial charge in [-0.2, -0.15) is 18.4 Å². The number of anilines is 1. The summed E-state index contributed by atoms with van der Waals surface area (Å²) >= 11 is 0. The summed E-state index contributed by atoms with van der Waals surface area (Å²) in [6, 6.07) is 4.01. The molecule has 2 aliphatic rings. The summed E-state index contributed by atoms with van der Waals surface area (Å²) in [5, 5.41) is 20.3. The summed E-state index contributed by atoms with van der Waals surface area (Å²) in [5.41, 5.74) is -4.24. The molecule has 1 aromatic rings. The Labute approximate surface area is 194 Å². The molecule has 4 atom stereocenters. The predicted molar refractivity (Wildman–Crippen MR) is 113 cm³/mol. The number of hydrogen-bond acceptors (Lipinski definition) is 6. The number of ether oxygens (including phenoxy) is 1. The van der Waals surface area contributed by atoms with Crippen LogP contribution in [0.1, 0.15) is 51.2 Å². The number of halogens is 3. The Morgan fingerprint density at radius 3 is 2.41 bits per heavy atom. The highest BCUT2D eigenvalue weighted by Crippen LogP contribution is 2.42. The van der Waals surface area contributed by atoms with Crippen LogP contribution in [0.25, 0.3) is 0 Å². The van der Waals surface area contributed by atoms with Crippen LogP contribution in [0.4, 0.5) is 23.7 Å². The van der Waals surface area contributed by atoms with Crippen molar-refractivity contribution < 1.29 is 37.4 Å². The zero-order valence-corrected chi connectivity index (χ0v) is 19.1. The Kier molecular flexibility index (Phi) is 6.94. The molecule has 8 nitrogen and oxygen atoms in total. The molecular weight excluding hydrogens is 455 g/mol. The molecule has 184 valence electrons. The third-order valence-electron chi connectivity index (χ3n) is 6.65. The lowest BCUT2D eigenvalue weighted by Crippen LogP contribution is -2.52. The summed E-state index contributed by atoms with van der Waals surface area (Å²) in [4.78, 5) is 40.9. The topological polar surface area (TPSA) is 111 Å². The van der Waals surface area contributed by atoms with Crippen LogP contribution in [0, 0.1) is 23.2 Å². The molecule has 34 heavy (non-hydrogen) atoms. The number of rotatable bonds is 5. The summed E-state index contributed by atoms with van der Waals surface area (Å²) in [7, 11) is 0. The number of likely N-dealkylation sites (tertiary alicyclic amines) is 1. The molecule has 2 aliphatic heterocycles. The van der Waals surface area contributed by atoms with Gasteiger partial charge in [-0.1, -0.05) is 6.92 Å². The molecule has 0 aromatic heterocycles. The van der Waals surface area contributed by atoms with Gasteiger partial charge in [0.1, 0.15) is 11.7 Å². The van der Waals surface area contributed by atoms with Crippen molar-refractivity contribution in [3.8, 4) is 6.07 Å². The van der Waals surface area contributed by atoms with E-state index >= 15 is 0 Å². The van der Waals surface area contributed by atoms with E-state index < -0.39 is 58.8 Å². The van der Waals surface area contributed by atoms with E-state index in [9.17, 15) is 32.7 Å². The number of alkyl halides is 3. The van der Waals surface area contributed by atoms with Crippen LogP contribution in [-0.4, -0.2) is 52.7 Å². The lowest BCUT2D eigenvalue weighted by Gasteiger charge is -2.36. The maximum atomic E-state index is 13.4. The second-order valence-corrected chi connectivity index (χ2v) is 8.79. The van der Waals surface area contributed by atoms with Crippen molar-refractivity contribution in [1.82, 2.24) is 4.90 Å². The molecule has 2 fully saturated rings. The van der Waals surface area contributed by atoms with Crippen LogP contribution < -0.4 is 4.90 Å². The first-order valence-corrected chi connectivity index (χ1v) is 11.0. The second kappa shape index (κ2) is 9.25. The van der Waals surface area contributed by atoms with Gasteiger partial charge in [0.05, 0.1) is 34.7 Å². The Bertz CT molecular complexity index is 1030. The number of benzene rings is 1. The number of carbonyl (C=O) groups excluding carboxylic acids is 3. The number of nitrogens with zero attached hydrogens (tertiary/aromatic N) is 3. The Morgan fingerprint density at radius 2 is 1.88 bits per heavy atom. The number of imide groups is 1. The summed E-state index contributed by atoms with van der Waals surface area (Å²) in [5.74, 6) is -4.06. The van der Waals surface area contributed by atoms with Crippen LogP contribution in [0.5, 0.6) is 0 Å². The number of nitriles is 1. The number of amides is 3. The van der Waals surface area contributed by atoms with E-state index in [-0.39, 0.29) is 12.1 Å². The minimum Gasteiger partial charge on any atom is -0.443 e. The number of aliphatic hydroxyl groups is 1. The third-order valence-corrected chi connectivity index (χ3v) is 6.65. The molecule has 2 saturated heterocycles. The van der Waals surface area contributed by atoms with Crippen LogP contribution in [0.2, 0.25) is 0 Å². The van der Waals surface area contributed by atoms with Gasteiger partial charge < -0.3 is 14.7 Å². The molecule has 0 aliphatic carbocycles. The van der Waals surface area contributed by atoms with Gasteiger partial charge in [0.25, 0.3) is 0 Å². The van der Waals surface area contributed by atoms with Crippen LogP contribution >= 0.6 is 0 Å². The molecule has 1 aromatic carbocycles. The molecule has 3 rings (SSSR count).